The van der Waals surface area contributed by atoms with Crippen molar-refractivity contribution in [2.45, 2.75) is 33.3 Å². The lowest BCUT2D eigenvalue weighted by molar-refractivity contribution is -0.154. The van der Waals surface area contributed by atoms with Crippen LogP contribution in [0.4, 0.5) is 0 Å². The molecule has 0 aliphatic carbocycles. The SMILES string of the molecule is COCCNC(=O)[C@H](C)OC(=O)Cc1coc2cc(C)c(C)cc12. The van der Waals surface area contributed by atoms with Crippen LogP contribution in [-0.4, -0.2) is 38.2 Å². The Morgan fingerprint density at radius 2 is 1.96 bits per heavy atom. The van der Waals surface area contributed by atoms with Crippen molar-refractivity contribution in [1.82, 2.24) is 5.32 Å². The highest BCUT2D eigenvalue weighted by Crippen LogP contribution is 2.25. The van der Waals surface area contributed by atoms with Gasteiger partial charge in [-0.25, -0.2) is 0 Å². The molecule has 0 bridgehead atoms. The van der Waals surface area contributed by atoms with Crippen LogP contribution < -0.4 is 5.32 Å². The minimum Gasteiger partial charge on any atom is -0.464 e. The number of esters is 1. The Labute approximate surface area is 141 Å². The van der Waals surface area contributed by atoms with Crippen molar-refractivity contribution in [2.75, 3.05) is 20.3 Å². The zero-order valence-electron chi connectivity index (χ0n) is 14.5. The summed E-state index contributed by atoms with van der Waals surface area (Å²) in [6.07, 6.45) is 0.774. The van der Waals surface area contributed by atoms with Crippen molar-refractivity contribution < 1.29 is 23.5 Å². The van der Waals surface area contributed by atoms with Crippen LogP contribution in [0.2, 0.25) is 0 Å². The van der Waals surface area contributed by atoms with Gasteiger partial charge in [0.2, 0.25) is 0 Å². The minimum atomic E-state index is -0.850. The summed E-state index contributed by atoms with van der Waals surface area (Å²) in [4.78, 5) is 23.9. The summed E-state index contributed by atoms with van der Waals surface area (Å²) in [7, 11) is 1.55. The molecule has 2 aromatic rings. The molecule has 0 spiro atoms. The first-order chi connectivity index (χ1) is 11.4. The number of aryl methyl sites for hydroxylation is 2. The number of amides is 1. The molecule has 2 rings (SSSR count). The van der Waals surface area contributed by atoms with E-state index in [1.54, 1.807) is 20.3 Å². The molecule has 0 saturated carbocycles. The first kappa shape index (κ1) is 18.0. The van der Waals surface area contributed by atoms with Crippen LogP contribution >= 0.6 is 0 Å². The first-order valence-electron chi connectivity index (χ1n) is 7.85. The van der Waals surface area contributed by atoms with Crippen molar-refractivity contribution >= 4 is 22.8 Å². The van der Waals surface area contributed by atoms with Crippen LogP contribution in [0.15, 0.2) is 22.8 Å². The van der Waals surface area contributed by atoms with Gasteiger partial charge < -0.3 is 19.2 Å². The van der Waals surface area contributed by atoms with E-state index in [9.17, 15) is 9.59 Å². The fourth-order valence-electron chi connectivity index (χ4n) is 2.34. The van der Waals surface area contributed by atoms with Crippen LogP contribution in [0, 0.1) is 13.8 Å². The zero-order chi connectivity index (χ0) is 17.7. The molecule has 1 aromatic carbocycles. The predicted molar refractivity (Wildman–Crippen MR) is 89.8 cm³/mol. The van der Waals surface area contributed by atoms with E-state index in [1.165, 1.54) is 0 Å². The molecule has 0 unspecified atom stereocenters. The molecule has 1 heterocycles. The molecular weight excluding hydrogens is 310 g/mol. The lowest BCUT2D eigenvalue weighted by atomic mass is 10.0. The van der Waals surface area contributed by atoms with Gasteiger partial charge in [0.1, 0.15) is 5.58 Å². The molecule has 0 fully saturated rings. The highest BCUT2D eigenvalue weighted by Gasteiger charge is 2.19. The second-order valence-corrected chi connectivity index (χ2v) is 5.79. The maximum Gasteiger partial charge on any atom is 0.311 e. The summed E-state index contributed by atoms with van der Waals surface area (Å²) in [5.41, 5.74) is 3.76. The van der Waals surface area contributed by atoms with Gasteiger partial charge in [-0.2, -0.15) is 0 Å². The smallest absolute Gasteiger partial charge is 0.311 e. The Kier molecular flexibility index (Phi) is 5.98. The molecule has 1 aromatic heterocycles. The summed E-state index contributed by atoms with van der Waals surface area (Å²) in [5, 5.41) is 3.53. The lowest BCUT2D eigenvalue weighted by Gasteiger charge is -2.13. The number of furan rings is 1. The van der Waals surface area contributed by atoms with Crippen molar-refractivity contribution in [3.05, 3.63) is 35.1 Å². The third-order valence-electron chi connectivity index (χ3n) is 3.89. The molecule has 0 aliphatic heterocycles. The summed E-state index contributed by atoms with van der Waals surface area (Å²) in [6, 6.07) is 3.95. The molecule has 0 aliphatic rings. The van der Waals surface area contributed by atoms with E-state index < -0.39 is 12.1 Å². The summed E-state index contributed by atoms with van der Waals surface area (Å²) in [5.74, 6) is -0.811. The normalized spacial score (nSPS) is 12.2. The maximum absolute atomic E-state index is 12.1. The van der Waals surface area contributed by atoms with Gasteiger partial charge in [0.15, 0.2) is 6.10 Å². The molecular formula is C18H23NO5. The average molecular weight is 333 g/mol. The lowest BCUT2D eigenvalue weighted by Crippen LogP contribution is -2.37. The summed E-state index contributed by atoms with van der Waals surface area (Å²) in [6.45, 7) is 6.35. The van der Waals surface area contributed by atoms with E-state index in [2.05, 4.69) is 5.32 Å². The van der Waals surface area contributed by atoms with E-state index in [1.807, 2.05) is 26.0 Å². The average Bonchev–Trinajstić information content (AvgIpc) is 2.89. The molecule has 130 valence electrons. The van der Waals surface area contributed by atoms with Gasteiger partial charge >= 0.3 is 5.97 Å². The Morgan fingerprint density at radius 3 is 2.67 bits per heavy atom. The van der Waals surface area contributed by atoms with Crippen LogP contribution in [0.1, 0.15) is 23.6 Å². The second-order valence-electron chi connectivity index (χ2n) is 5.79. The number of rotatable bonds is 7. The molecule has 0 saturated heterocycles. The number of hydrogen-bond acceptors (Lipinski definition) is 5. The van der Waals surface area contributed by atoms with Gasteiger partial charge in [-0.05, 0) is 44.0 Å². The predicted octanol–water partition coefficient (Wildman–Crippen LogP) is 2.29. The minimum absolute atomic E-state index is 0.0607. The Hall–Kier alpha value is -2.34. The van der Waals surface area contributed by atoms with Crippen molar-refractivity contribution in [1.29, 1.82) is 0 Å². The second kappa shape index (κ2) is 7.97. The number of methoxy groups -OCH3 is 1. The Balaban J connectivity index is 1.97. The van der Waals surface area contributed by atoms with Crippen LogP contribution in [0.5, 0.6) is 0 Å². The van der Waals surface area contributed by atoms with Gasteiger partial charge in [0.25, 0.3) is 5.91 Å². The van der Waals surface area contributed by atoms with Gasteiger partial charge in [0, 0.05) is 24.6 Å². The van der Waals surface area contributed by atoms with E-state index in [4.69, 9.17) is 13.9 Å². The molecule has 0 radical (unpaired) electrons. The molecule has 1 N–H and O–H groups in total. The third-order valence-corrected chi connectivity index (χ3v) is 3.89. The fourth-order valence-corrected chi connectivity index (χ4v) is 2.34. The number of ether oxygens (including phenoxy) is 2. The van der Waals surface area contributed by atoms with Gasteiger partial charge in [-0.3, -0.25) is 9.59 Å². The fraction of sp³-hybridized carbons (Fsp3) is 0.444. The Morgan fingerprint density at radius 1 is 1.25 bits per heavy atom. The van der Waals surface area contributed by atoms with Crippen molar-refractivity contribution in [3.63, 3.8) is 0 Å². The highest BCUT2D eigenvalue weighted by atomic mass is 16.5. The number of carbonyl (C=O) groups excluding carboxylic acids is 2. The molecule has 6 heteroatoms. The molecule has 6 nitrogen and oxygen atoms in total. The van der Waals surface area contributed by atoms with E-state index in [-0.39, 0.29) is 12.3 Å². The number of benzene rings is 1. The third kappa shape index (κ3) is 4.35. The Bertz CT molecular complexity index is 734. The number of nitrogens with one attached hydrogen (secondary N) is 1. The first-order valence-corrected chi connectivity index (χ1v) is 7.85. The summed E-state index contributed by atoms with van der Waals surface area (Å²) < 4.78 is 15.5. The summed E-state index contributed by atoms with van der Waals surface area (Å²) >= 11 is 0. The maximum atomic E-state index is 12.1. The van der Waals surface area contributed by atoms with Crippen molar-refractivity contribution in [2.24, 2.45) is 0 Å². The number of carbonyl (C=O) groups is 2. The van der Waals surface area contributed by atoms with Gasteiger partial charge in [0.05, 0.1) is 19.3 Å². The number of hydrogen-bond donors (Lipinski definition) is 1. The monoisotopic (exact) mass is 333 g/mol. The molecule has 24 heavy (non-hydrogen) atoms. The van der Waals surface area contributed by atoms with Crippen LogP contribution in [0.25, 0.3) is 11.0 Å². The van der Waals surface area contributed by atoms with Gasteiger partial charge in [-0.1, -0.05) is 0 Å². The zero-order valence-corrected chi connectivity index (χ0v) is 14.5. The van der Waals surface area contributed by atoms with Crippen LogP contribution in [0.3, 0.4) is 0 Å². The van der Waals surface area contributed by atoms with E-state index in [0.717, 1.165) is 27.7 Å². The van der Waals surface area contributed by atoms with Crippen molar-refractivity contribution in [3.8, 4) is 0 Å². The quantitative estimate of drug-likeness (QED) is 0.621. The van der Waals surface area contributed by atoms with Gasteiger partial charge in [-0.15, -0.1) is 0 Å². The molecule has 1 atom stereocenters. The van der Waals surface area contributed by atoms with E-state index in [0.29, 0.717) is 13.2 Å². The number of fused-ring (bicyclic) bond motifs is 1. The topological polar surface area (TPSA) is 77.8 Å². The van der Waals surface area contributed by atoms with Crippen LogP contribution in [-0.2, 0) is 25.5 Å². The largest absolute Gasteiger partial charge is 0.464 e. The standard InChI is InChI=1S/C18H23NO5/c1-11-7-15-14(10-23-16(15)8-12(11)2)9-17(20)24-13(3)18(21)19-5-6-22-4/h7-8,10,13H,5-6,9H2,1-4H3,(H,19,21)/t13-/m0/s1. The molecule has 1 amide bonds. The highest BCUT2D eigenvalue weighted by molar-refractivity contribution is 5.88. The van der Waals surface area contributed by atoms with E-state index >= 15 is 0 Å².